The van der Waals surface area contributed by atoms with Crippen LogP contribution in [0.25, 0.3) is 0 Å². The lowest BCUT2D eigenvalue weighted by Crippen LogP contribution is -2.62. The summed E-state index contributed by atoms with van der Waals surface area (Å²) in [6.45, 7) is 3.80. The number of benzene rings is 1. The monoisotopic (exact) mass is 438 g/mol. The first kappa shape index (κ1) is 21.9. The van der Waals surface area contributed by atoms with Gasteiger partial charge in [0, 0.05) is 37.9 Å². The van der Waals surface area contributed by atoms with Crippen LogP contribution in [-0.2, 0) is 17.1 Å². The van der Waals surface area contributed by atoms with Crippen molar-refractivity contribution in [2.45, 2.75) is 38.1 Å². The van der Waals surface area contributed by atoms with Gasteiger partial charge in [0.1, 0.15) is 0 Å². The van der Waals surface area contributed by atoms with Crippen LogP contribution in [0.15, 0.2) is 54.2 Å². The molecule has 170 valence electrons. The molecule has 2 N–H and O–H groups in total. The third-order valence-electron chi connectivity index (χ3n) is 5.78. The van der Waals surface area contributed by atoms with Gasteiger partial charge in [-0.2, -0.15) is 0 Å². The maximum atomic E-state index is 13.2. The highest BCUT2D eigenvalue weighted by Crippen LogP contribution is 2.31. The van der Waals surface area contributed by atoms with Gasteiger partial charge in [-0.3, -0.25) is 9.36 Å². The number of methoxy groups -OCH3 is 1. The predicted molar refractivity (Wildman–Crippen MR) is 122 cm³/mol. The maximum Gasteiger partial charge on any atom is 0.276 e. The first-order chi connectivity index (χ1) is 15.7. The Morgan fingerprint density at radius 1 is 1.38 bits per heavy atom. The third kappa shape index (κ3) is 4.34. The molecule has 2 unspecified atom stereocenters. The number of ether oxygens (including phenoxy) is 2. The van der Waals surface area contributed by atoms with Crippen molar-refractivity contribution in [1.82, 2.24) is 25.1 Å². The lowest BCUT2D eigenvalue weighted by molar-refractivity contribution is -0.130. The number of nitrogens with zero attached hydrogens (tertiary/aromatic N) is 4. The van der Waals surface area contributed by atoms with E-state index in [1.165, 1.54) is 0 Å². The Bertz CT molecular complexity index is 974. The zero-order valence-electron chi connectivity index (χ0n) is 18.5. The highest BCUT2D eigenvalue weighted by molar-refractivity contribution is 5.82. The molecule has 9 nitrogen and oxygen atoms in total. The highest BCUT2D eigenvalue weighted by Gasteiger charge is 2.46. The van der Waals surface area contributed by atoms with E-state index in [9.17, 15) is 4.79 Å². The molecular formula is C23H30N6O3. The van der Waals surface area contributed by atoms with Crippen molar-refractivity contribution in [2.75, 3.05) is 26.8 Å². The van der Waals surface area contributed by atoms with E-state index in [1.54, 1.807) is 25.8 Å². The van der Waals surface area contributed by atoms with E-state index in [0.29, 0.717) is 25.3 Å². The van der Waals surface area contributed by atoms with Gasteiger partial charge in [0.05, 0.1) is 26.1 Å². The first-order valence-electron chi connectivity index (χ1n) is 11.0. The van der Waals surface area contributed by atoms with Crippen molar-refractivity contribution < 1.29 is 14.3 Å². The summed E-state index contributed by atoms with van der Waals surface area (Å²) in [6, 6.07) is 5.58. The number of aromatic nitrogens is 2. The number of aliphatic imine (C=N–C) groups is 1. The van der Waals surface area contributed by atoms with Gasteiger partial charge in [-0.05, 0) is 50.0 Å². The van der Waals surface area contributed by atoms with Crippen molar-refractivity contribution in [3.63, 3.8) is 0 Å². The molecule has 1 fully saturated rings. The van der Waals surface area contributed by atoms with Crippen LogP contribution < -0.4 is 20.1 Å². The molecule has 32 heavy (non-hydrogen) atoms. The second-order valence-electron chi connectivity index (χ2n) is 7.70. The van der Waals surface area contributed by atoms with Crippen molar-refractivity contribution >= 4 is 12.1 Å². The highest BCUT2D eigenvalue weighted by atomic mass is 16.5. The van der Waals surface area contributed by atoms with Gasteiger partial charge in [0.15, 0.2) is 11.5 Å². The SMILES string of the molecule is CCOc1cc(CCNC(=O)C2CCCN2C2(n3ccnc3)N=CC=CN2)ccc1OC. The van der Waals surface area contributed by atoms with Crippen LogP contribution in [0.3, 0.4) is 0 Å². The number of amides is 1. The maximum absolute atomic E-state index is 13.2. The number of imidazole rings is 1. The Hall–Kier alpha value is -3.33. The Labute approximate surface area is 188 Å². The lowest BCUT2D eigenvalue weighted by atomic mass is 10.1. The molecule has 9 heteroatoms. The van der Waals surface area contributed by atoms with E-state index in [-0.39, 0.29) is 11.9 Å². The Morgan fingerprint density at radius 3 is 3.00 bits per heavy atom. The molecule has 0 spiro atoms. The second kappa shape index (κ2) is 9.86. The fraction of sp³-hybridized carbons (Fsp3) is 0.435. The zero-order chi connectivity index (χ0) is 22.4. The lowest BCUT2D eigenvalue weighted by Gasteiger charge is -2.42. The molecule has 4 rings (SSSR count). The van der Waals surface area contributed by atoms with Gasteiger partial charge in [0.2, 0.25) is 5.91 Å². The summed E-state index contributed by atoms with van der Waals surface area (Å²) in [5.41, 5.74) is 1.08. The molecule has 1 saturated heterocycles. The van der Waals surface area contributed by atoms with Crippen LogP contribution in [0, 0.1) is 0 Å². The standard InChI is InChI=1S/C23H30N6O3/c1-3-32-21-16-18(7-8-20(21)31-2)9-12-25-22(30)19-6-4-14-29(19)23(26-10-5-11-27-23)28-15-13-24-17-28/h5,7-8,10-11,13,15-17,19,26H,3-4,6,9,12,14H2,1-2H3,(H,25,30). The average molecular weight is 439 g/mol. The van der Waals surface area contributed by atoms with Gasteiger partial charge >= 0.3 is 0 Å². The van der Waals surface area contributed by atoms with Crippen molar-refractivity contribution in [3.05, 3.63) is 54.8 Å². The number of carbonyl (C=O) groups excluding carboxylic acids is 1. The van der Waals surface area contributed by atoms with Crippen LogP contribution in [0.2, 0.25) is 0 Å². The topological polar surface area (TPSA) is 93.0 Å². The molecule has 0 radical (unpaired) electrons. The zero-order valence-corrected chi connectivity index (χ0v) is 18.5. The van der Waals surface area contributed by atoms with E-state index >= 15 is 0 Å². The summed E-state index contributed by atoms with van der Waals surface area (Å²) in [4.78, 5) is 24.1. The fourth-order valence-electron chi connectivity index (χ4n) is 4.28. The normalized spacial score (nSPS) is 22.5. The van der Waals surface area contributed by atoms with Gasteiger partial charge in [-0.1, -0.05) is 6.07 Å². The summed E-state index contributed by atoms with van der Waals surface area (Å²) in [5, 5.41) is 6.45. The number of allylic oxidation sites excluding steroid dienone is 1. The van der Waals surface area contributed by atoms with Gasteiger partial charge in [-0.25, -0.2) is 14.9 Å². The Morgan fingerprint density at radius 2 is 2.28 bits per heavy atom. The number of nitrogens with one attached hydrogen (secondary N) is 2. The van der Waals surface area contributed by atoms with Crippen molar-refractivity contribution in [1.29, 1.82) is 0 Å². The number of carbonyl (C=O) groups is 1. The summed E-state index contributed by atoms with van der Waals surface area (Å²) < 4.78 is 12.9. The molecule has 0 bridgehead atoms. The van der Waals surface area contributed by atoms with Crippen LogP contribution in [-0.4, -0.2) is 59.4 Å². The average Bonchev–Trinajstić information content (AvgIpc) is 3.53. The van der Waals surface area contributed by atoms with E-state index in [1.807, 2.05) is 48.2 Å². The van der Waals surface area contributed by atoms with Crippen LogP contribution in [0.1, 0.15) is 25.3 Å². The molecular weight excluding hydrogens is 408 g/mol. The summed E-state index contributed by atoms with van der Waals surface area (Å²) >= 11 is 0. The molecule has 0 aliphatic carbocycles. The predicted octanol–water partition coefficient (Wildman–Crippen LogP) is 1.87. The molecule has 2 aromatic rings. The number of hydrogen-bond donors (Lipinski definition) is 2. The van der Waals surface area contributed by atoms with E-state index in [4.69, 9.17) is 14.5 Å². The summed E-state index contributed by atoms with van der Waals surface area (Å²) in [6.07, 6.45) is 13.1. The minimum atomic E-state index is -0.883. The Kier molecular flexibility index (Phi) is 6.75. The van der Waals surface area contributed by atoms with Crippen LogP contribution in [0.5, 0.6) is 11.5 Å². The number of rotatable bonds is 9. The molecule has 0 saturated carbocycles. The van der Waals surface area contributed by atoms with E-state index in [2.05, 4.69) is 20.5 Å². The molecule has 2 aliphatic heterocycles. The first-order valence-corrected chi connectivity index (χ1v) is 11.0. The molecule has 2 atom stereocenters. The smallest absolute Gasteiger partial charge is 0.276 e. The van der Waals surface area contributed by atoms with Crippen molar-refractivity contribution in [3.8, 4) is 11.5 Å². The van der Waals surface area contributed by atoms with Crippen molar-refractivity contribution in [2.24, 2.45) is 4.99 Å². The summed E-state index contributed by atoms with van der Waals surface area (Å²) in [5.74, 6) is 0.552. The van der Waals surface area contributed by atoms with Crippen LogP contribution in [0.4, 0.5) is 0 Å². The second-order valence-corrected chi connectivity index (χ2v) is 7.70. The molecule has 1 amide bonds. The van der Waals surface area contributed by atoms with E-state index in [0.717, 1.165) is 30.7 Å². The number of likely N-dealkylation sites (tertiary alicyclic amines) is 1. The molecule has 1 aromatic carbocycles. The molecule has 2 aliphatic rings. The van der Waals surface area contributed by atoms with Gasteiger partial charge in [0.25, 0.3) is 5.91 Å². The fourth-order valence-corrected chi connectivity index (χ4v) is 4.28. The Balaban J connectivity index is 1.42. The molecule has 3 heterocycles. The summed E-state index contributed by atoms with van der Waals surface area (Å²) in [7, 11) is 1.63. The van der Waals surface area contributed by atoms with Gasteiger partial charge in [-0.15, -0.1) is 0 Å². The van der Waals surface area contributed by atoms with Crippen LogP contribution >= 0.6 is 0 Å². The molecule has 1 aromatic heterocycles. The minimum absolute atomic E-state index is 0.00656. The van der Waals surface area contributed by atoms with Gasteiger partial charge < -0.3 is 20.1 Å². The number of hydrogen-bond acceptors (Lipinski definition) is 7. The quantitative estimate of drug-likeness (QED) is 0.621. The van der Waals surface area contributed by atoms with E-state index < -0.39 is 5.91 Å². The largest absolute Gasteiger partial charge is 0.493 e. The third-order valence-corrected chi connectivity index (χ3v) is 5.78. The minimum Gasteiger partial charge on any atom is -0.493 e.